The van der Waals surface area contributed by atoms with E-state index in [1.165, 1.54) is 14.2 Å². The Morgan fingerprint density at radius 3 is 2.21 bits per heavy atom. The fourth-order valence-corrected chi connectivity index (χ4v) is 2.88. The Balaban J connectivity index is 3.17. The molecule has 4 N–H and O–H groups in total. The van der Waals surface area contributed by atoms with E-state index < -0.39 is 47.5 Å². The zero-order valence-corrected chi connectivity index (χ0v) is 19.5. The number of benzene rings is 1. The third kappa shape index (κ3) is 9.58. The van der Waals surface area contributed by atoms with Crippen molar-refractivity contribution in [2.75, 3.05) is 20.7 Å². The number of esters is 1. The molecule has 2 atom stereocenters. The van der Waals surface area contributed by atoms with E-state index in [1.54, 1.807) is 51.1 Å². The average molecular weight is 465 g/mol. The Hall–Kier alpha value is -3.63. The van der Waals surface area contributed by atoms with E-state index in [-0.39, 0.29) is 19.4 Å². The lowest BCUT2D eigenvalue weighted by atomic mass is 10.0. The van der Waals surface area contributed by atoms with Crippen molar-refractivity contribution in [3.63, 3.8) is 0 Å². The maximum atomic E-state index is 13.3. The first kappa shape index (κ1) is 27.4. The molecule has 0 saturated carbocycles. The second-order valence-corrected chi connectivity index (χ2v) is 8.26. The highest BCUT2D eigenvalue weighted by Crippen LogP contribution is 2.21. The minimum atomic E-state index is -1.18. The summed E-state index contributed by atoms with van der Waals surface area (Å²) in [5.74, 6) is -2.59. The van der Waals surface area contributed by atoms with Crippen LogP contribution in [0.25, 0.3) is 0 Å². The van der Waals surface area contributed by atoms with Crippen LogP contribution in [0, 0.1) is 0 Å². The van der Waals surface area contributed by atoms with Crippen molar-refractivity contribution in [3.8, 4) is 0 Å². The number of rotatable bonds is 10. The summed E-state index contributed by atoms with van der Waals surface area (Å²) in [5, 5.41) is 4.88. The molecular formula is C22H32N4O7. The summed E-state index contributed by atoms with van der Waals surface area (Å²) in [6.45, 7) is 4.60. The minimum absolute atomic E-state index is 0.0942. The first-order chi connectivity index (χ1) is 15.4. The van der Waals surface area contributed by atoms with E-state index in [2.05, 4.69) is 15.4 Å². The van der Waals surface area contributed by atoms with Crippen molar-refractivity contribution in [2.24, 2.45) is 5.73 Å². The highest BCUT2D eigenvalue weighted by molar-refractivity contribution is 5.93. The fourth-order valence-electron chi connectivity index (χ4n) is 2.88. The monoisotopic (exact) mass is 464 g/mol. The van der Waals surface area contributed by atoms with Gasteiger partial charge in [-0.1, -0.05) is 30.3 Å². The summed E-state index contributed by atoms with van der Waals surface area (Å²) in [7, 11) is 2.57. The first-order valence-corrected chi connectivity index (χ1v) is 10.3. The molecule has 11 heteroatoms. The van der Waals surface area contributed by atoms with Crippen LogP contribution in [0.15, 0.2) is 30.3 Å². The highest BCUT2D eigenvalue weighted by atomic mass is 16.6. The summed E-state index contributed by atoms with van der Waals surface area (Å²) in [6.07, 6.45) is -1.13. The number of carbonyl (C=O) groups excluding carboxylic acids is 5. The van der Waals surface area contributed by atoms with Gasteiger partial charge in [0.15, 0.2) is 0 Å². The molecule has 4 amide bonds. The van der Waals surface area contributed by atoms with E-state index in [4.69, 9.17) is 10.5 Å². The van der Waals surface area contributed by atoms with Crippen molar-refractivity contribution in [1.82, 2.24) is 15.5 Å². The van der Waals surface area contributed by atoms with E-state index in [0.29, 0.717) is 5.56 Å². The lowest BCUT2D eigenvalue weighted by Crippen LogP contribution is -2.52. The molecule has 2 unspecified atom stereocenters. The SMILES string of the molecule is COC(=O)CNC(=O)C(c1ccccc1)N(C)C(=O)C(CCC(N)=O)NC(=O)OC(C)(C)C. The predicted octanol–water partition coefficient (Wildman–Crippen LogP) is 0.634. The van der Waals surface area contributed by atoms with Gasteiger partial charge in [0.2, 0.25) is 17.7 Å². The maximum absolute atomic E-state index is 13.3. The maximum Gasteiger partial charge on any atom is 0.408 e. The summed E-state index contributed by atoms with van der Waals surface area (Å²) in [4.78, 5) is 62.4. The number of carbonyl (C=O) groups is 5. The van der Waals surface area contributed by atoms with Crippen molar-refractivity contribution in [2.45, 2.75) is 51.3 Å². The number of nitrogens with one attached hydrogen (secondary N) is 2. The Kier molecular flexibility index (Phi) is 10.3. The van der Waals surface area contributed by atoms with Gasteiger partial charge in [-0.3, -0.25) is 19.2 Å². The average Bonchev–Trinajstić information content (AvgIpc) is 2.73. The van der Waals surface area contributed by atoms with Crippen LogP contribution in [-0.4, -0.2) is 67.0 Å². The van der Waals surface area contributed by atoms with Gasteiger partial charge in [-0.2, -0.15) is 0 Å². The molecule has 0 aliphatic rings. The Labute approximate surface area is 193 Å². The molecule has 0 heterocycles. The second kappa shape index (κ2) is 12.4. The van der Waals surface area contributed by atoms with Gasteiger partial charge in [-0.05, 0) is 32.8 Å². The van der Waals surface area contributed by atoms with Crippen molar-refractivity contribution in [1.29, 1.82) is 0 Å². The number of likely N-dealkylation sites (N-methyl/N-ethyl adjacent to an activating group) is 1. The Morgan fingerprint density at radius 1 is 1.09 bits per heavy atom. The summed E-state index contributed by atoms with van der Waals surface area (Å²) < 4.78 is 9.74. The van der Waals surface area contributed by atoms with Crippen LogP contribution in [0.2, 0.25) is 0 Å². The van der Waals surface area contributed by atoms with Crippen molar-refractivity contribution < 1.29 is 33.4 Å². The molecule has 33 heavy (non-hydrogen) atoms. The summed E-state index contributed by atoms with van der Waals surface area (Å²) in [5.41, 5.74) is 4.88. The van der Waals surface area contributed by atoms with Gasteiger partial charge in [-0.15, -0.1) is 0 Å². The second-order valence-electron chi connectivity index (χ2n) is 8.26. The van der Waals surface area contributed by atoms with Crippen molar-refractivity contribution in [3.05, 3.63) is 35.9 Å². The quantitative estimate of drug-likeness (QED) is 0.429. The van der Waals surface area contributed by atoms with Crippen LogP contribution >= 0.6 is 0 Å². The lowest BCUT2D eigenvalue weighted by molar-refractivity contribution is -0.143. The van der Waals surface area contributed by atoms with Crippen LogP contribution in [0.4, 0.5) is 4.79 Å². The fraction of sp³-hybridized carbons (Fsp3) is 0.500. The first-order valence-electron chi connectivity index (χ1n) is 10.3. The molecule has 0 aliphatic heterocycles. The van der Waals surface area contributed by atoms with Gasteiger partial charge in [-0.25, -0.2) is 4.79 Å². The van der Waals surface area contributed by atoms with Crippen LogP contribution in [0.5, 0.6) is 0 Å². The number of hydrogen-bond acceptors (Lipinski definition) is 7. The van der Waals surface area contributed by atoms with Gasteiger partial charge in [0.05, 0.1) is 7.11 Å². The molecule has 182 valence electrons. The molecule has 0 bridgehead atoms. The number of ether oxygens (including phenoxy) is 2. The van der Waals surface area contributed by atoms with E-state index >= 15 is 0 Å². The van der Waals surface area contributed by atoms with Gasteiger partial charge in [0, 0.05) is 13.5 Å². The molecule has 0 saturated heterocycles. The lowest BCUT2D eigenvalue weighted by Gasteiger charge is -2.31. The Morgan fingerprint density at radius 2 is 1.70 bits per heavy atom. The van der Waals surface area contributed by atoms with E-state index in [0.717, 1.165) is 4.90 Å². The molecule has 0 aromatic heterocycles. The largest absolute Gasteiger partial charge is 0.468 e. The van der Waals surface area contributed by atoms with Crippen LogP contribution in [0.3, 0.4) is 0 Å². The molecule has 0 radical (unpaired) electrons. The van der Waals surface area contributed by atoms with Crippen LogP contribution in [0.1, 0.15) is 45.2 Å². The third-order valence-electron chi connectivity index (χ3n) is 4.40. The molecular weight excluding hydrogens is 432 g/mol. The highest BCUT2D eigenvalue weighted by Gasteiger charge is 2.34. The number of nitrogens with zero attached hydrogens (tertiary/aromatic N) is 1. The standard InChI is InChI=1S/C22H32N4O7/c1-22(2,3)33-21(31)25-15(11-12-16(23)27)20(30)26(4)18(14-9-7-6-8-10-14)19(29)24-13-17(28)32-5/h6-10,15,18H,11-13H2,1-5H3,(H2,23,27)(H,24,29)(H,25,31). The van der Waals surface area contributed by atoms with Crippen molar-refractivity contribution >= 4 is 29.8 Å². The van der Waals surface area contributed by atoms with Gasteiger partial charge in [0.25, 0.3) is 0 Å². The van der Waals surface area contributed by atoms with Gasteiger partial charge in [0.1, 0.15) is 24.2 Å². The van der Waals surface area contributed by atoms with Gasteiger partial charge < -0.3 is 30.7 Å². The number of primary amides is 1. The van der Waals surface area contributed by atoms with Crippen LogP contribution in [-0.2, 0) is 28.7 Å². The van der Waals surface area contributed by atoms with E-state index in [9.17, 15) is 24.0 Å². The molecule has 0 aliphatic carbocycles. The van der Waals surface area contributed by atoms with E-state index in [1.807, 2.05) is 0 Å². The Bertz CT molecular complexity index is 852. The van der Waals surface area contributed by atoms with Crippen LogP contribution < -0.4 is 16.4 Å². The zero-order chi connectivity index (χ0) is 25.2. The molecule has 0 spiro atoms. The third-order valence-corrected chi connectivity index (χ3v) is 4.40. The normalized spacial score (nSPS) is 12.6. The topological polar surface area (TPSA) is 157 Å². The molecule has 1 rings (SSSR count). The number of nitrogens with two attached hydrogens (primary N) is 1. The number of hydrogen-bond donors (Lipinski definition) is 3. The summed E-state index contributed by atoms with van der Waals surface area (Å²) >= 11 is 0. The number of amides is 4. The minimum Gasteiger partial charge on any atom is -0.468 e. The molecule has 1 aromatic rings. The summed E-state index contributed by atoms with van der Waals surface area (Å²) in [6, 6.07) is 6.11. The number of alkyl carbamates (subject to hydrolysis) is 1. The molecule has 11 nitrogen and oxygen atoms in total. The molecule has 1 aromatic carbocycles. The molecule has 0 fully saturated rings. The smallest absolute Gasteiger partial charge is 0.408 e. The van der Waals surface area contributed by atoms with Gasteiger partial charge >= 0.3 is 12.1 Å². The number of methoxy groups -OCH3 is 1. The predicted molar refractivity (Wildman–Crippen MR) is 119 cm³/mol. The zero-order valence-electron chi connectivity index (χ0n) is 19.5.